The molecule has 0 amide bonds. The number of hydrogen-bond donors (Lipinski definition) is 2. The SMILES string of the molecule is CCOC(=O)C1=C(C)NC(N=C(N)CCN(C)C)=NC1c1ccc(C#N)cc1. The Balaban J connectivity index is 2.40. The topological polar surface area (TPSA) is 116 Å². The van der Waals surface area contributed by atoms with Crippen molar-refractivity contribution in [2.75, 3.05) is 27.2 Å². The van der Waals surface area contributed by atoms with Gasteiger partial charge in [0.05, 0.1) is 23.8 Å². The summed E-state index contributed by atoms with van der Waals surface area (Å²) in [5, 5.41) is 12.1. The van der Waals surface area contributed by atoms with Crippen molar-refractivity contribution in [1.82, 2.24) is 10.2 Å². The van der Waals surface area contributed by atoms with Crippen molar-refractivity contribution in [3.05, 3.63) is 46.7 Å². The van der Waals surface area contributed by atoms with Gasteiger partial charge in [0.15, 0.2) is 0 Å². The first-order chi connectivity index (χ1) is 13.3. The number of ether oxygens (including phenoxy) is 1. The number of carbonyl (C=O) groups excluding carboxylic acids is 1. The maximum atomic E-state index is 12.5. The maximum Gasteiger partial charge on any atom is 0.338 e. The molecule has 0 saturated heterocycles. The largest absolute Gasteiger partial charge is 0.463 e. The zero-order valence-electron chi connectivity index (χ0n) is 16.7. The van der Waals surface area contributed by atoms with E-state index in [0.717, 1.165) is 12.1 Å². The number of nitrogens with zero attached hydrogens (tertiary/aromatic N) is 4. The third-order valence-electron chi connectivity index (χ3n) is 4.14. The number of nitrogens with two attached hydrogens (primary N) is 1. The Hall–Kier alpha value is -3.18. The zero-order valence-corrected chi connectivity index (χ0v) is 16.7. The lowest BCUT2D eigenvalue weighted by Crippen LogP contribution is -2.33. The number of guanidine groups is 1. The van der Waals surface area contributed by atoms with Crippen LogP contribution in [0.2, 0.25) is 0 Å². The molecule has 0 aliphatic carbocycles. The maximum absolute atomic E-state index is 12.5. The van der Waals surface area contributed by atoms with Crippen molar-refractivity contribution in [2.24, 2.45) is 15.7 Å². The van der Waals surface area contributed by atoms with Crippen molar-refractivity contribution in [1.29, 1.82) is 5.26 Å². The summed E-state index contributed by atoms with van der Waals surface area (Å²) >= 11 is 0. The first-order valence-corrected chi connectivity index (χ1v) is 9.06. The van der Waals surface area contributed by atoms with Gasteiger partial charge >= 0.3 is 5.97 Å². The normalized spacial score (nSPS) is 17.1. The Morgan fingerprint density at radius 1 is 1.39 bits per heavy atom. The molecule has 0 fully saturated rings. The van der Waals surface area contributed by atoms with Gasteiger partial charge in [-0.15, -0.1) is 0 Å². The summed E-state index contributed by atoms with van der Waals surface area (Å²) in [5.74, 6) is 0.358. The highest BCUT2D eigenvalue weighted by molar-refractivity contribution is 5.99. The quantitative estimate of drug-likeness (QED) is 0.439. The van der Waals surface area contributed by atoms with Gasteiger partial charge in [0, 0.05) is 18.7 Å². The molecule has 0 aromatic heterocycles. The van der Waals surface area contributed by atoms with Crippen molar-refractivity contribution < 1.29 is 9.53 Å². The Kier molecular flexibility index (Phi) is 7.29. The minimum atomic E-state index is -0.589. The second kappa shape index (κ2) is 9.67. The van der Waals surface area contributed by atoms with E-state index in [1.807, 2.05) is 19.0 Å². The van der Waals surface area contributed by atoms with E-state index in [4.69, 9.17) is 15.7 Å². The van der Waals surface area contributed by atoms with Gasteiger partial charge in [0.1, 0.15) is 11.9 Å². The van der Waals surface area contributed by atoms with E-state index in [0.29, 0.717) is 35.0 Å². The van der Waals surface area contributed by atoms with Gasteiger partial charge in [-0.05, 0) is 45.6 Å². The fourth-order valence-electron chi connectivity index (χ4n) is 2.70. The third kappa shape index (κ3) is 5.41. The minimum Gasteiger partial charge on any atom is -0.463 e. The first kappa shape index (κ1) is 21.1. The summed E-state index contributed by atoms with van der Waals surface area (Å²) in [6.45, 7) is 4.57. The van der Waals surface area contributed by atoms with Crippen LogP contribution in [0.1, 0.15) is 37.4 Å². The predicted molar refractivity (Wildman–Crippen MR) is 109 cm³/mol. The van der Waals surface area contributed by atoms with E-state index < -0.39 is 12.0 Å². The number of nitriles is 1. The Morgan fingerprint density at radius 3 is 2.64 bits per heavy atom. The van der Waals surface area contributed by atoms with Gasteiger partial charge in [-0.1, -0.05) is 12.1 Å². The van der Waals surface area contributed by atoms with Crippen LogP contribution in [0.25, 0.3) is 0 Å². The second-order valence-corrected chi connectivity index (χ2v) is 6.63. The van der Waals surface area contributed by atoms with Crippen molar-refractivity contribution in [3.63, 3.8) is 0 Å². The molecule has 1 aliphatic heterocycles. The first-order valence-electron chi connectivity index (χ1n) is 9.06. The van der Waals surface area contributed by atoms with Crippen LogP contribution in [0.5, 0.6) is 0 Å². The van der Waals surface area contributed by atoms with Crippen LogP contribution < -0.4 is 11.1 Å². The number of rotatable bonds is 6. The number of carbonyl (C=O) groups is 1. The van der Waals surface area contributed by atoms with Crippen LogP contribution >= 0.6 is 0 Å². The molecular formula is C20H26N6O2. The highest BCUT2D eigenvalue weighted by Gasteiger charge is 2.30. The highest BCUT2D eigenvalue weighted by Crippen LogP contribution is 2.31. The molecule has 0 saturated carbocycles. The average molecular weight is 382 g/mol. The fraction of sp³-hybridized carbons (Fsp3) is 0.400. The molecule has 28 heavy (non-hydrogen) atoms. The smallest absolute Gasteiger partial charge is 0.338 e. The minimum absolute atomic E-state index is 0.266. The van der Waals surface area contributed by atoms with Crippen molar-refractivity contribution in [2.45, 2.75) is 26.3 Å². The standard InChI is InChI=1S/C20H26N6O2/c1-5-28-19(27)17-13(2)23-20(24-16(22)10-11-26(3)4)25-18(17)15-8-6-14(12-21)7-9-15/h6-9,18H,5,10-11H2,1-4H3,(H3,22,23,24,25). The lowest BCUT2D eigenvalue weighted by molar-refractivity contribution is -0.138. The molecule has 1 unspecified atom stereocenters. The summed E-state index contributed by atoms with van der Waals surface area (Å²) in [7, 11) is 3.92. The zero-order chi connectivity index (χ0) is 20.7. The number of amidine groups is 1. The molecule has 8 heteroatoms. The monoisotopic (exact) mass is 382 g/mol. The lowest BCUT2D eigenvalue weighted by atomic mass is 9.95. The molecule has 0 radical (unpaired) electrons. The molecule has 1 aromatic rings. The molecule has 8 nitrogen and oxygen atoms in total. The van der Waals surface area contributed by atoms with E-state index in [1.165, 1.54) is 0 Å². The molecule has 1 aliphatic rings. The number of benzene rings is 1. The molecular weight excluding hydrogens is 356 g/mol. The second-order valence-electron chi connectivity index (χ2n) is 6.63. The van der Waals surface area contributed by atoms with Gasteiger partial charge in [0.25, 0.3) is 0 Å². The van der Waals surface area contributed by atoms with Crippen LogP contribution in [-0.2, 0) is 9.53 Å². The van der Waals surface area contributed by atoms with E-state index in [2.05, 4.69) is 21.4 Å². The molecule has 1 aromatic carbocycles. The average Bonchev–Trinajstić information content (AvgIpc) is 2.66. The summed E-state index contributed by atoms with van der Waals surface area (Å²) < 4.78 is 5.21. The molecule has 1 heterocycles. The summed E-state index contributed by atoms with van der Waals surface area (Å²) in [4.78, 5) is 23.5. The van der Waals surface area contributed by atoms with Gasteiger partial charge in [0.2, 0.25) is 5.96 Å². The van der Waals surface area contributed by atoms with Crippen molar-refractivity contribution >= 4 is 17.8 Å². The molecule has 1 atom stereocenters. The van der Waals surface area contributed by atoms with Gasteiger partial charge in [-0.3, -0.25) is 0 Å². The number of hydrogen-bond acceptors (Lipinski definition) is 7. The van der Waals surface area contributed by atoms with Gasteiger partial charge in [-0.2, -0.15) is 5.26 Å². The van der Waals surface area contributed by atoms with E-state index >= 15 is 0 Å². The van der Waals surface area contributed by atoms with Crippen LogP contribution in [-0.4, -0.2) is 49.9 Å². The summed E-state index contributed by atoms with van der Waals surface area (Å²) in [6, 6.07) is 8.44. The molecule has 148 valence electrons. The lowest BCUT2D eigenvalue weighted by Gasteiger charge is -2.24. The summed E-state index contributed by atoms with van der Waals surface area (Å²) in [5.41, 5.74) is 8.35. The van der Waals surface area contributed by atoms with Gasteiger partial charge in [-0.25, -0.2) is 14.8 Å². The molecule has 2 rings (SSSR count). The molecule has 0 spiro atoms. The molecule has 3 N–H and O–H groups in total. The Bertz CT molecular complexity index is 846. The van der Waals surface area contributed by atoms with Crippen LogP contribution in [0.15, 0.2) is 45.5 Å². The fourth-order valence-corrected chi connectivity index (χ4v) is 2.70. The summed E-state index contributed by atoms with van der Waals surface area (Å²) in [6.07, 6.45) is 0.600. The van der Waals surface area contributed by atoms with Crippen LogP contribution in [0, 0.1) is 11.3 Å². The van der Waals surface area contributed by atoms with E-state index in [-0.39, 0.29) is 6.61 Å². The highest BCUT2D eigenvalue weighted by atomic mass is 16.5. The third-order valence-corrected chi connectivity index (χ3v) is 4.14. The predicted octanol–water partition coefficient (Wildman–Crippen LogP) is 1.70. The number of nitrogens with one attached hydrogen (secondary N) is 1. The van der Waals surface area contributed by atoms with E-state index in [9.17, 15) is 4.79 Å². The number of allylic oxidation sites excluding steroid dienone is 1. The number of esters is 1. The Labute approximate surface area is 165 Å². The van der Waals surface area contributed by atoms with Crippen molar-refractivity contribution in [3.8, 4) is 6.07 Å². The molecule has 0 bridgehead atoms. The van der Waals surface area contributed by atoms with Crippen LogP contribution in [0.4, 0.5) is 0 Å². The van der Waals surface area contributed by atoms with Gasteiger partial charge < -0.3 is 20.7 Å². The Morgan fingerprint density at radius 2 is 2.07 bits per heavy atom. The number of aliphatic imine (C=N–C) groups is 2. The van der Waals surface area contributed by atoms with E-state index in [1.54, 1.807) is 38.1 Å². The van der Waals surface area contributed by atoms with Crippen LogP contribution in [0.3, 0.4) is 0 Å².